The Hall–Kier alpha value is -3.36. The molecule has 0 amide bonds. The highest BCUT2D eigenvalue weighted by atomic mass is 35.5. The van der Waals surface area contributed by atoms with Crippen molar-refractivity contribution in [2.75, 3.05) is 0 Å². The second-order valence-electron chi connectivity index (χ2n) is 6.68. The number of hydrogen-bond donors (Lipinski definition) is 0. The van der Waals surface area contributed by atoms with Crippen LogP contribution in [0.1, 0.15) is 0 Å². The van der Waals surface area contributed by atoms with Crippen LogP contribution in [0.15, 0.2) is 100 Å². The smallest absolute Gasteiger partial charge is 0.344 e. The van der Waals surface area contributed by atoms with Gasteiger partial charge in [-0.15, -0.1) is 0 Å². The molecule has 0 bridgehead atoms. The number of hydrogen-bond acceptors (Lipinski definition) is 2. The highest BCUT2D eigenvalue weighted by molar-refractivity contribution is 6.30. The maximum atomic E-state index is 13.0. The Kier molecular flexibility index (Phi) is 4.00. The van der Waals surface area contributed by atoms with Crippen molar-refractivity contribution in [1.82, 2.24) is 0 Å². The van der Waals surface area contributed by atoms with Gasteiger partial charge in [0.25, 0.3) is 0 Å². The molecule has 134 valence electrons. The van der Waals surface area contributed by atoms with Crippen molar-refractivity contribution in [3.63, 3.8) is 0 Å². The van der Waals surface area contributed by atoms with Crippen LogP contribution in [-0.2, 0) is 0 Å². The number of rotatable bonds is 2. The van der Waals surface area contributed by atoms with E-state index in [9.17, 15) is 4.79 Å². The van der Waals surface area contributed by atoms with E-state index in [1.807, 2.05) is 72.8 Å². The Labute approximate surface area is 167 Å². The first-order valence-electron chi connectivity index (χ1n) is 9.02. The Morgan fingerprint density at radius 2 is 1.32 bits per heavy atom. The Bertz CT molecular complexity index is 1320. The minimum absolute atomic E-state index is 0.333. The van der Waals surface area contributed by atoms with E-state index < -0.39 is 0 Å². The van der Waals surface area contributed by atoms with Crippen molar-refractivity contribution in [1.29, 1.82) is 0 Å². The molecule has 28 heavy (non-hydrogen) atoms. The predicted octanol–water partition coefficient (Wildman–Crippen LogP) is 6.89. The van der Waals surface area contributed by atoms with Crippen LogP contribution in [0.3, 0.4) is 0 Å². The summed E-state index contributed by atoms with van der Waals surface area (Å²) in [6.07, 6.45) is 0. The summed E-state index contributed by atoms with van der Waals surface area (Å²) in [7, 11) is 0. The fraction of sp³-hybridized carbons (Fsp3) is 0. The van der Waals surface area contributed by atoms with Crippen LogP contribution in [0, 0.1) is 0 Å². The highest BCUT2D eigenvalue weighted by Crippen LogP contribution is 2.42. The lowest BCUT2D eigenvalue weighted by molar-refractivity contribution is 0.536. The van der Waals surface area contributed by atoms with Crippen LogP contribution in [0.5, 0.6) is 0 Å². The third-order valence-corrected chi connectivity index (χ3v) is 5.23. The van der Waals surface area contributed by atoms with Crippen LogP contribution in [0.2, 0.25) is 5.02 Å². The molecule has 0 saturated heterocycles. The van der Waals surface area contributed by atoms with Gasteiger partial charge in [0.1, 0.15) is 5.76 Å². The van der Waals surface area contributed by atoms with Gasteiger partial charge in [-0.2, -0.15) is 0 Å². The molecular formula is C25H15ClO2. The lowest BCUT2D eigenvalue weighted by Gasteiger charge is -2.10. The first-order valence-corrected chi connectivity index (χ1v) is 9.40. The van der Waals surface area contributed by atoms with Gasteiger partial charge in [0.2, 0.25) is 0 Å². The molecule has 2 aliphatic carbocycles. The number of benzene rings is 2. The largest absolute Gasteiger partial charge is 0.422 e. The van der Waals surface area contributed by atoms with Gasteiger partial charge in [-0.25, -0.2) is 4.79 Å². The van der Waals surface area contributed by atoms with Gasteiger partial charge >= 0.3 is 5.63 Å². The predicted molar refractivity (Wildman–Crippen MR) is 115 cm³/mol. The first kappa shape index (κ1) is 16.8. The van der Waals surface area contributed by atoms with Crippen molar-refractivity contribution in [3.8, 4) is 33.6 Å². The third kappa shape index (κ3) is 2.70. The molecular weight excluding hydrogens is 368 g/mol. The minimum atomic E-state index is -0.333. The van der Waals surface area contributed by atoms with Crippen molar-refractivity contribution in [3.05, 3.63) is 106 Å². The van der Waals surface area contributed by atoms with E-state index in [0.717, 1.165) is 33.2 Å². The maximum Gasteiger partial charge on any atom is 0.344 e. The molecule has 3 heteroatoms. The highest BCUT2D eigenvalue weighted by Gasteiger charge is 2.22. The van der Waals surface area contributed by atoms with Crippen LogP contribution in [0.4, 0.5) is 0 Å². The molecule has 1 aromatic heterocycles. The zero-order valence-electron chi connectivity index (χ0n) is 14.9. The molecule has 5 rings (SSSR count). The Morgan fingerprint density at radius 3 is 2.04 bits per heavy atom. The second kappa shape index (κ2) is 6.66. The molecule has 0 unspecified atom stereocenters. The van der Waals surface area contributed by atoms with Crippen molar-refractivity contribution >= 4 is 22.4 Å². The van der Waals surface area contributed by atoms with E-state index in [0.29, 0.717) is 16.2 Å². The molecule has 0 saturated carbocycles. The second-order valence-corrected chi connectivity index (χ2v) is 7.12. The van der Waals surface area contributed by atoms with Crippen molar-refractivity contribution in [2.45, 2.75) is 0 Å². The van der Waals surface area contributed by atoms with Crippen molar-refractivity contribution < 1.29 is 4.42 Å². The fourth-order valence-corrected chi connectivity index (χ4v) is 3.84. The van der Waals surface area contributed by atoms with Crippen molar-refractivity contribution in [2.24, 2.45) is 0 Å². The first-order chi connectivity index (χ1) is 13.7. The minimum Gasteiger partial charge on any atom is -0.422 e. The molecule has 3 aromatic rings. The van der Waals surface area contributed by atoms with Gasteiger partial charge in [0, 0.05) is 21.5 Å². The van der Waals surface area contributed by atoms with E-state index >= 15 is 0 Å². The average Bonchev–Trinajstić information content (AvgIpc) is 2.92. The van der Waals surface area contributed by atoms with Gasteiger partial charge in [-0.3, -0.25) is 0 Å². The molecule has 0 spiro atoms. The molecule has 0 aliphatic heterocycles. The van der Waals surface area contributed by atoms with E-state index in [1.54, 1.807) is 12.1 Å². The van der Waals surface area contributed by atoms with Gasteiger partial charge < -0.3 is 4.42 Å². The summed E-state index contributed by atoms with van der Waals surface area (Å²) in [5.41, 5.74) is 4.31. The zero-order chi connectivity index (χ0) is 19.1. The normalized spacial score (nSPS) is 11.2. The lowest BCUT2D eigenvalue weighted by atomic mass is 9.97. The number of fused-ring (bicyclic) bond motifs is 3. The summed E-state index contributed by atoms with van der Waals surface area (Å²) >= 11 is 6.06. The quantitative estimate of drug-likeness (QED) is 0.333. The molecule has 2 aliphatic rings. The van der Waals surface area contributed by atoms with Gasteiger partial charge in [-0.05, 0) is 47.0 Å². The lowest BCUT2D eigenvalue weighted by Crippen LogP contribution is -2.02. The fourth-order valence-electron chi connectivity index (χ4n) is 3.72. The van der Waals surface area contributed by atoms with E-state index in [4.69, 9.17) is 16.0 Å². The molecule has 0 N–H and O–H groups in total. The Balaban J connectivity index is 1.96. The molecule has 0 fully saturated rings. The average molecular weight is 383 g/mol. The molecule has 0 atom stereocenters. The van der Waals surface area contributed by atoms with Gasteiger partial charge in [0.15, 0.2) is 0 Å². The molecule has 2 nitrogen and oxygen atoms in total. The third-order valence-electron chi connectivity index (χ3n) is 4.97. The summed E-state index contributed by atoms with van der Waals surface area (Å²) in [4.78, 5) is 13.0. The zero-order valence-corrected chi connectivity index (χ0v) is 15.6. The van der Waals surface area contributed by atoms with E-state index in [-0.39, 0.29) is 5.63 Å². The summed E-state index contributed by atoms with van der Waals surface area (Å²) in [5.74, 6) is 0.556. The Morgan fingerprint density at radius 1 is 0.679 bits per heavy atom. The molecule has 1 heterocycles. The van der Waals surface area contributed by atoms with E-state index in [1.165, 1.54) is 0 Å². The van der Waals surface area contributed by atoms with Gasteiger partial charge in [-0.1, -0.05) is 72.3 Å². The molecule has 2 aromatic carbocycles. The van der Waals surface area contributed by atoms with E-state index in [2.05, 4.69) is 6.07 Å². The summed E-state index contributed by atoms with van der Waals surface area (Å²) < 4.78 is 5.90. The van der Waals surface area contributed by atoms with Crippen LogP contribution >= 0.6 is 11.6 Å². The monoisotopic (exact) mass is 382 g/mol. The maximum absolute atomic E-state index is 13.0. The van der Waals surface area contributed by atoms with Crippen LogP contribution in [-0.4, -0.2) is 0 Å². The van der Waals surface area contributed by atoms with Crippen LogP contribution in [0.25, 0.3) is 44.3 Å². The van der Waals surface area contributed by atoms with Crippen LogP contribution < -0.4 is 5.63 Å². The topological polar surface area (TPSA) is 30.2 Å². The van der Waals surface area contributed by atoms with Gasteiger partial charge in [0.05, 0.1) is 5.39 Å². The standard InChI is InChI=1S/C25H15ClO2/c26-19-13-11-17(12-14-19)24-22(16-7-3-1-4-8-16)21-15-18-9-5-2-6-10-20(18)23(21)25(27)28-24/h1-15H. The summed E-state index contributed by atoms with van der Waals surface area (Å²) in [5, 5.41) is 2.15. The summed E-state index contributed by atoms with van der Waals surface area (Å²) in [6, 6.07) is 29.3. The SMILES string of the molecule is O=c1oc(-c2ccc(Cl)cc2)c(-c2ccccc2)c2cc3cccccc-3c12. The number of halogens is 1. The summed E-state index contributed by atoms with van der Waals surface area (Å²) in [6.45, 7) is 0. The molecule has 0 radical (unpaired) electrons.